The Balaban J connectivity index is 1.57. The number of Topliss-reactive ketones (excluding diaryl/α,β-unsaturated/α-hetero) is 2. The average Bonchev–Trinajstić information content (AvgIpc) is 2.46. The van der Waals surface area contributed by atoms with Crippen LogP contribution in [0.5, 0.6) is 0 Å². The topological polar surface area (TPSA) is 125 Å². The molecule has 4 saturated carbocycles. The largest absolute Gasteiger partial charge is 0.368 e. The van der Waals surface area contributed by atoms with Crippen LogP contribution >= 0.6 is 0 Å². The molecule has 0 aromatic carbocycles. The molecule has 0 spiro atoms. The summed E-state index contributed by atoms with van der Waals surface area (Å²) in [5.74, 6) is 1.34. The third kappa shape index (κ3) is 1.91. The van der Waals surface area contributed by atoms with Gasteiger partial charge in [-0.25, -0.2) is 0 Å². The van der Waals surface area contributed by atoms with Crippen LogP contribution in [-0.4, -0.2) is 26.5 Å². The highest BCUT2D eigenvalue weighted by molar-refractivity contribution is 6.09. The maximum atomic E-state index is 12.7. The van der Waals surface area contributed by atoms with Gasteiger partial charge in [0.1, 0.15) is 17.4 Å². The lowest BCUT2D eigenvalue weighted by Gasteiger charge is -2.54. The third-order valence-electron chi connectivity index (χ3n) is 5.63. The lowest BCUT2D eigenvalue weighted by atomic mass is 9.47. The number of carbonyl (C=O) groups excluding carboxylic acids is 2. The highest BCUT2D eigenvalue weighted by Gasteiger charge is 2.60. The molecule has 1 aromatic heterocycles. The summed E-state index contributed by atoms with van der Waals surface area (Å²) in [6.45, 7) is 0. The lowest BCUT2D eigenvalue weighted by Crippen LogP contribution is -2.58. The number of hydrogen-bond acceptors (Lipinski definition) is 7. The van der Waals surface area contributed by atoms with Crippen molar-refractivity contribution < 1.29 is 9.59 Å². The maximum absolute atomic E-state index is 12.7. The molecule has 116 valence electrons. The molecule has 4 bridgehead atoms. The Morgan fingerprint density at radius 1 is 1.05 bits per heavy atom. The first-order valence-corrected chi connectivity index (χ1v) is 7.81. The molecule has 1 heterocycles. The first-order valence-electron chi connectivity index (χ1n) is 7.81. The van der Waals surface area contributed by atoms with Crippen LogP contribution in [0.15, 0.2) is 0 Å². The second-order valence-corrected chi connectivity index (χ2v) is 7.01. The summed E-state index contributed by atoms with van der Waals surface area (Å²) in [4.78, 5) is 36.9. The summed E-state index contributed by atoms with van der Waals surface area (Å²) in [5.41, 5.74) is 10.8. The second-order valence-electron chi connectivity index (χ2n) is 7.01. The zero-order chi connectivity index (χ0) is 15.5. The molecule has 0 aliphatic heterocycles. The van der Waals surface area contributed by atoms with Gasteiger partial charge in [-0.2, -0.15) is 15.0 Å². The first kappa shape index (κ1) is 13.6. The van der Waals surface area contributed by atoms with Gasteiger partial charge in [0.25, 0.3) is 0 Å². The zero-order valence-electron chi connectivity index (χ0n) is 12.3. The van der Waals surface area contributed by atoms with E-state index in [4.69, 9.17) is 11.5 Å². The number of ketones is 2. The quantitative estimate of drug-likeness (QED) is 0.780. The van der Waals surface area contributed by atoms with Gasteiger partial charge in [-0.15, -0.1) is 0 Å². The fraction of sp³-hybridized carbons (Fsp3) is 0.667. The molecule has 7 heteroatoms. The number of aryl methyl sites for hydroxylation is 1. The van der Waals surface area contributed by atoms with Gasteiger partial charge < -0.3 is 11.5 Å². The molecule has 1 aromatic rings. The maximum Gasteiger partial charge on any atom is 0.225 e. The number of rotatable bonds is 3. The van der Waals surface area contributed by atoms with Gasteiger partial charge in [0.15, 0.2) is 0 Å². The first-order chi connectivity index (χ1) is 10.5. The van der Waals surface area contributed by atoms with Crippen molar-refractivity contribution in [1.82, 2.24) is 15.0 Å². The van der Waals surface area contributed by atoms with Crippen molar-refractivity contribution in [3.8, 4) is 0 Å². The van der Waals surface area contributed by atoms with Gasteiger partial charge in [-0.3, -0.25) is 9.59 Å². The second kappa shape index (κ2) is 4.47. The van der Waals surface area contributed by atoms with Crippen LogP contribution in [0.4, 0.5) is 11.9 Å². The Morgan fingerprint density at radius 3 is 2.50 bits per heavy atom. The van der Waals surface area contributed by atoms with Crippen molar-refractivity contribution in [1.29, 1.82) is 0 Å². The predicted octanol–water partition coefficient (Wildman–Crippen LogP) is 0.543. The summed E-state index contributed by atoms with van der Waals surface area (Å²) in [6, 6.07) is 0. The molecule has 4 atom stereocenters. The summed E-state index contributed by atoms with van der Waals surface area (Å²) >= 11 is 0. The number of nitrogens with two attached hydrogens (primary N) is 2. The van der Waals surface area contributed by atoms with E-state index >= 15 is 0 Å². The van der Waals surface area contributed by atoms with Crippen LogP contribution in [0.25, 0.3) is 0 Å². The van der Waals surface area contributed by atoms with Crippen molar-refractivity contribution in [2.24, 2.45) is 23.2 Å². The molecular formula is C15H19N5O2. The monoisotopic (exact) mass is 301 g/mol. The predicted molar refractivity (Wildman–Crippen MR) is 78.4 cm³/mol. The molecule has 7 nitrogen and oxygen atoms in total. The Kier molecular flexibility index (Phi) is 2.76. The number of aromatic nitrogens is 3. The van der Waals surface area contributed by atoms with Crippen molar-refractivity contribution in [3.05, 3.63) is 5.82 Å². The molecular weight excluding hydrogens is 282 g/mol. The number of nitrogens with zero attached hydrogens (tertiary/aromatic N) is 3. The van der Waals surface area contributed by atoms with Crippen molar-refractivity contribution >= 4 is 23.5 Å². The van der Waals surface area contributed by atoms with Gasteiger partial charge >= 0.3 is 0 Å². The molecule has 4 unspecified atom stereocenters. The fourth-order valence-corrected chi connectivity index (χ4v) is 4.86. The number of carbonyl (C=O) groups is 2. The smallest absolute Gasteiger partial charge is 0.225 e. The minimum atomic E-state index is -0.361. The highest BCUT2D eigenvalue weighted by atomic mass is 16.2. The Morgan fingerprint density at radius 2 is 1.77 bits per heavy atom. The minimum absolute atomic E-state index is 0.0868. The SMILES string of the molecule is Nc1nc(N)nc(CCC23CC4CC(C2)C(=O)C(C4)C3=O)n1. The molecule has 4 fully saturated rings. The van der Waals surface area contributed by atoms with Gasteiger partial charge in [0.2, 0.25) is 11.9 Å². The van der Waals surface area contributed by atoms with Crippen LogP contribution < -0.4 is 11.5 Å². The molecule has 5 rings (SSSR count). The van der Waals surface area contributed by atoms with Gasteiger partial charge in [-0.1, -0.05) is 0 Å². The van der Waals surface area contributed by atoms with Crippen molar-refractivity contribution in [2.75, 3.05) is 11.5 Å². The van der Waals surface area contributed by atoms with Crippen LogP contribution in [0.3, 0.4) is 0 Å². The van der Waals surface area contributed by atoms with Gasteiger partial charge in [0, 0.05) is 17.8 Å². The summed E-state index contributed by atoms with van der Waals surface area (Å²) in [5, 5.41) is 0. The molecule has 4 aliphatic carbocycles. The van der Waals surface area contributed by atoms with Crippen LogP contribution in [-0.2, 0) is 16.0 Å². The molecule has 0 saturated heterocycles. The summed E-state index contributed by atoms with van der Waals surface area (Å²) in [6.07, 6.45) is 4.56. The van der Waals surface area contributed by atoms with E-state index in [-0.39, 0.29) is 40.7 Å². The lowest BCUT2D eigenvalue weighted by molar-refractivity contribution is -0.162. The fourth-order valence-electron chi connectivity index (χ4n) is 4.86. The summed E-state index contributed by atoms with van der Waals surface area (Å²) < 4.78 is 0. The summed E-state index contributed by atoms with van der Waals surface area (Å²) in [7, 11) is 0. The standard InChI is InChI=1S/C15H19N5O2/c16-13-18-10(19-14(17)20-13)1-2-15-5-7-3-8(6-15)11(21)9(4-7)12(15)22/h7-9H,1-6H2,(H4,16,17,18,19,20). The minimum Gasteiger partial charge on any atom is -0.368 e. The molecule has 22 heavy (non-hydrogen) atoms. The van der Waals surface area contributed by atoms with Crippen molar-refractivity contribution in [3.63, 3.8) is 0 Å². The molecule has 4 N–H and O–H groups in total. The molecule has 0 radical (unpaired) electrons. The van der Waals surface area contributed by atoms with E-state index in [1.165, 1.54) is 0 Å². The van der Waals surface area contributed by atoms with Crippen LogP contribution in [0.2, 0.25) is 0 Å². The van der Waals surface area contributed by atoms with E-state index < -0.39 is 0 Å². The van der Waals surface area contributed by atoms with E-state index in [0.29, 0.717) is 31.0 Å². The van der Waals surface area contributed by atoms with Gasteiger partial charge in [0.05, 0.1) is 5.92 Å². The van der Waals surface area contributed by atoms with E-state index in [9.17, 15) is 9.59 Å². The van der Waals surface area contributed by atoms with Crippen LogP contribution in [0.1, 0.15) is 37.9 Å². The van der Waals surface area contributed by atoms with E-state index in [1.54, 1.807) is 0 Å². The number of anilines is 2. The Bertz CT molecular complexity index is 656. The van der Waals surface area contributed by atoms with E-state index in [2.05, 4.69) is 15.0 Å². The van der Waals surface area contributed by atoms with E-state index in [1.807, 2.05) is 0 Å². The zero-order valence-corrected chi connectivity index (χ0v) is 12.3. The number of nitrogen functional groups attached to an aromatic ring is 2. The molecule has 0 amide bonds. The Labute approximate surface area is 127 Å². The third-order valence-corrected chi connectivity index (χ3v) is 5.63. The van der Waals surface area contributed by atoms with E-state index in [0.717, 1.165) is 19.3 Å². The number of hydrogen-bond donors (Lipinski definition) is 2. The highest BCUT2D eigenvalue weighted by Crippen LogP contribution is 2.58. The van der Waals surface area contributed by atoms with Gasteiger partial charge in [-0.05, 0) is 38.0 Å². The van der Waals surface area contributed by atoms with Crippen molar-refractivity contribution in [2.45, 2.75) is 38.5 Å². The Hall–Kier alpha value is -2.05. The average molecular weight is 301 g/mol. The molecule has 4 aliphatic rings. The van der Waals surface area contributed by atoms with Crippen LogP contribution in [0, 0.1) is 23.2 Å². The normalized spacial score (nSPS) is 36.1.